The van der Waals surface area contributed by atoms with Crippen LogP contribution in [0.3, 0.4) is 0 Å². The molecule has 0 aromatic heterocycles. The lowest BCUT2D eigenvalue weighted by atomic mass is 9.98. The molecule has 1 aromatic rings. The Morgan fingerprint density at radius 1 is 1.26 bits per heavy atom. The highest BCUT2D eigenvalue weighted by Crippen LogP contribution is 2.30. The van der Waals surface area contributed by atoms with E-state index in [1.54, 1.807) is 0 Å². The van der Waals surface area contributed by atoms with Crippen molar-refractivity contribution in [3.8, 4) is 6.07 Å². The fraction of sp³-hybridized carbons (Fsp3) is 0.562. The van der Waals surface area contributed by atoms with Gasteiger partial charge in [0.1, 0.15) is 6.07 Å². The number of piperidine rings is 1. The van der Waals surface area contributed by atoms with E-state index < -0.39 is 0 Å². The third-order valence-corrected chi connectivity index (χ3v) is 4.49. The lowest BCUT2D eigenvalue weighted by Crippen LogP contribution is -2.41. The fourth-order valence-electron chi connectivity index (χ4n) is 3.49. The predicted molar refractivity (Wildman–Crippen MR) is 77.1 cm³/mol. The van der Waals surface area contributed by atoms with Crippen molar-refractivity contribution in [2.75, 3.05) is 18.4 Å². The van der Waals surface area contributed by atoms with Gasteiger partial charge in [-0.25, -0.2) is 0 Å². The zero-order valence-corrected chi connectivity index (χ0v) is 11.5. The Labute approximate surface area is 115 Å². The molecular weight excluding hydrogens is 234 g/mol. The summed E-state index contributed by atoms with van der Waals surface area (Å²) in [5, 5.41) is 12.9. The highest BCUT2D eigenvalue weighted by atomic mass is 15.2. The summed E-state index contributed by atoms with van der Waals surface area (Å²) in [5.74, 6) is 0. The average Bonchev–Trinajstić information content (AvgIpc) is 2.83. The van der Waals surface area contributed by atoms with Crippen molar-refractivity contribution < 1.29 is 0 Å². The average molecular weight is 255 g/mol. The van der Waals surface area contributed by atoms with Crippen LogP contribution < -0.4 is 5.32 Å². The van der Waals surface area contributed by atoms with Gasteiger partial charge in [0.25, 0.3) is 0 Å². The highest BCUT2D eigenvalue weighted by molar-refractivity contribution is 5.59. The first kappa shape index (κ1) is 12.5. The molecule has 2 aliphatic rings. The molecule has 0 bridgehead atoms. The topological polar surface area (TPSA) is 39.1 Å². The van der Waals surface area contributed by atoms with Crippen LogP contribution in [0.5, 0.6) is 0 Å². The summed E-state index contributed by atoms with van der Waals surface area (Å²) < 4.78 is 0. The van der Waals surface area contributed by atoms with Crippen LogP contribution in [0.2, 0.25) is 0 Å². The van der Waals surface area contributed by atoms with E-state index >= 15 is 0 Å². The van der Waals surface area contributed by atoms with Crippen molar-refractivity contribution in [3.05, 3.63) is 29.3 Å². The molecule has 2 saturated heterocycles. The summed E-state index contributed by atoms with van der Waals surface area (Å²) in [6.07, 6.45) is 5.18. The number of benzene rings is 1. The lowest BCUT2D eigenvalue weighted by Gasteiger charge is -2.33. The van der Waals surface area contributed by atoms with Gasteiger partial charge in [0, 0.05) is 18.6 Å². The minimum atomic E-state index is 0.509. The number of anilines is 1. The molecule has 1 aromatic carbocycles. The Hall–Kier alpha value is -1.53. The first-order chi connectivity index (χ1) is 9.28. The minimum Gasteiger partial charge on any atom is -0.380 e. The molecule has 3 heteroatoms. The maximum atomic E-state index is 9.22. The Bertz CT molecular complexity index is 503. The molecular formula is C16H21N3. The van der Waals surface area contributed by atoms with Crippen LogP contribution in [0.4, 0.5) is 5.69 Å². The second-order valence-corrected chi connectivity index (χ2v) is 5.80. The third kappa shape index (κ3) is 2.46. The van der Waals surface area contributed by atoms with Gasteiger partial charge in [-0.1, -0.05) is 12.5 Å². The maximum absolute atomic E-state index is 9.22. The molecule has 0 spiro atoms. The molecule has 3 nitrogen and oxygen atoms in total. The number of fused-ring (bicyclic) bond motifs is 1. The molecule has 2 unspecified atom stereocenters. The van der Waals surface area contributed by atoms with Gasteiger partial charge in [-0.3, -0.25) is 4.90 Å². The van der Waals surface area contributed by atoms with Gasteiger partial charge in [-0.15, -0.1) is 0 Å². The summed E-state index contributed by atoms with van der Waals surface area (Å²) in [5.41, 5.74) is 2.99. The molecule has 2 heterocycles. The smallest absolute Gasteiger partial charge is 0.101 e. The number of aryl methyl sites for hydroxylation is 1. The van der Waals surface area contributed by atoms with Gasteiger partial charge >= 0.3 is 0 Å². The van der Waals surface area contributed by atoms with Crippen molar-refractivity contribution >= 4 is 5.69 Å². The molecule has 2 aliphatic heterocycles. The molecule has 0 aliphatic carbocycles. The van der Waals surface area contributed by atoms with Crippen LogP contribution in [0.1, 0.15) is 36.8 Å². The predicted octanol–water partition coefficient (Wildman–Crippen LogP) is 2.91. The Morgan fingerprint density at radius 3 is 3.00 bits per heavy atom. The van der Waals surface area contributed by atoms with Gasteiger partial charge in [0.2, 0.25) is 0 Å². The van der Waals surface area contributed by atoms with Crippen molar-refractivity contribution in [3.63, 3.8) is 0 Å². The van der Waals surface area contributed by atoms with Crippen LogP contribution in [-0.2, 0) is 0 Å². The Morgan fingerprint density at radius 2 is 2.16 bits per heavy atom. The number of hydrogen-bond donors (Lipinski definition) is 1. The molecule has 2 atom stereocenters. The van der Waals surface area contributed by atoms with E-state index in [0.29, 0.717) is 12.1 Å². The van der Waals surface area contributed by atoms with Crippen LogP contribution >= 0.6 is 0 Å². The largest absolute Gasteiger partial charge is 0.380 e. The molecule has 100 valence electrons. The molecule has 19 heavy (non-hydrogen) atoms. The van der Waals surface area contributed by atoms with Crippen LogP contribution in [-0.4, -0.2) is 30.1 Å². The summed E-state index contributed by atoms with van der Waals surface area (Å²) >= 11 is 0. The third-order valence-electron chi connectivity index (χ3n) is 4.49. The minimum absolute atomic E-state index is 0.509. The van der Waals surface area contributed by atoms with Crippen molar-refractivity contribution in [2.45, 2.75) is 44.7 Å². The standard InChI is InChI=1S/C16H21N3/c1-12-5-6-13(11-17)15(10-12)18-14-7-9-19-8-3-2-4-16(14)19/h5-6,10,14,16,18H,2-4,7-9H2,1H3. The van der Waals surface area contributed by atoms with Crippen molar-refractivity contribution in [2.24, 2.45) is 0 Å². The zero-order chi connectivity index (χ0) is 13.2. The van der Waals surface area contributed by atoms with Crippen molar-refractivity contribution in [1.82, 2.24) is 4.90 Å². The Balaban J connectivity index is 1.78. The maximum Gasteiger partial charge on any atom is 0.101 e. The van der Waals surface area contributed by atoms with Crippen molar-refractivity contribution in [1.29, 1.82) is 5.26 Å². The van der Waals surface area contributed by atoms with E-state index in [-0.39, 0.29) is 0 Å². The summed E-state index contributed by atoms with van der Waals surface area (Å²) in [6, 6.07) is 9.50. The van der Waals surface area contributed by atoms with Crippen LogP contribution in [0.25, 0.3) is 0 Å². The molecule has 3 rings (SSSR count). The normalized spacial score (nSPS) is 26.7. The van der Waals surface area contributed by atoms with Crippen LogP contribution in [0.15, 0.2) is 18.2 Å². The number of rotatable bonds is 2. The number of hydrogen-bond acceptors (Lipinski definition) is 3. The number of nitrogens with zero attached hydrogens (tertiary/aromatic N) is 2. The van der Waals surface area contributed by atoms with E-state index in [9.17, 15) is 5.26 Å². The van der Waals surface area contributed by atoms with E-state index in [4.69, 9.17) is 0 Å². The fourth-order valence-corrected chi connectivity index (χ4v) is 3.49. The van der Waals surface area contributed by atoms with E-state index in [0.717, 1.165) is 11.3 Å². The summed E-state index contributed by atoms with van der Waals surface area (Å²) in [4.78, 5) is 2.61. The van der Waals surface area contributed by atoms with Gasteiger partial charge in [0.05, 0.1) is 11.3 Å². The SMILES string of the molecule is Cc1ccc(C#N)c(NC2CCN3CCCCC23)c1. The van der Waals surface area contributed by atoms with E-state index in [1.165, 1.54) is 44.3 Å². The quantitative estimate of drug-likeness (QED) is 0.883. The highest BCUT2D eigenvalue weighted by Gasteiger charge is 2.35. The van der Waals surface area contributed by atoms with E-state index in [2.05, 4.69) is 29.3 Å². The van der Waals surface area contributed by atoms with Gasteiger partial charge in [-0.2, -0.15) is 5.26 Å². The second kappa shape index (κ2) is 5.22. The first-order valence-electron chi connectivity index (χ1n) is 7.29. The number of nitrogens with one attached hydrogen (secondary N) is 1. The van der Waals surface area contributed by atoms with Gasteiger partial charge < -0.3 is 5.32 Å². The summed E-state index contributed by atoms with van der Waals surface area (Å²) in [7, 11) is 0. The van der Waals surface area contributed by atoms with Gasteiger partial charge in [0.15, 0.2) is 0 Å². The first-order valence-corrected chi connectivity index (χ1v) is 7.29. The van der Waals surface area contributed by atoms with Crippen LogP contribution in [0, 0.1) is 18.3 Å². The molecule has 2 fully saturated rings. The molecule has 0 saturated carbocycles. The molecule has 1 N–H and O–H groups in total. The van der Waals surface area contributed by atoms with Gasteiger partial charge in [-0.05, 0) is 50.4 Å². The zero-order valence-electron chi connectivity index (χ0n) is 11.5. The number of nitriles is 1. The lowest BCUT2D eigenvalue weighted by molar-refractivity contribution is 0.193. The van der Waals surface area contributed by atoms with E-state index in [1.807, 2.05) is 12.1 Å². The Kier molecular flexibility index (Phi) is 3.44. The molecule has 0 amide bonds. The monoisotopic (exact) mass is 255 g/mol. The molecule has 0 radical (unpaired) electrons. The summed E-state index contributed by atoms with van der Waals surface area (Å²) in [6.45, 7) is 4.53. The second-order valence-electron chi connectivity index (χ2n) is 5.80.